The molecule has 8 N–H and O–H groups in total. The first-order valence-corrected chi connectivity index (χ1v) is 7.08. The third-order valence-corrected chi connectivity index (χ3v) is 3.98. The van der Waals surface area contributed by atoms with Crippen molar-refractivity contribution in [2.75, 3.05) is 13.2 Å². The summed E-state index contributed by atoms with van der Waals surface area (Å²) in [4.78, 5) is 0. The lowest BCUT2D eigenvalue weighted by atomic mass is 9.97. The van der Waals surface area contributed by atoms with E-state index in [9.17, 15) is 35.7 Å². The van der Waals surface area contributed by atoms with Crippen LogP contribution < -0.4 is 0 Å². The van der Waals surface area contributed by atoms with Gasteiger partial charge in [0.1, 0.15) is 48.8 Å². The van der Waals surface area contributed by atoms with Gasteiger partial charge in [0.05, 0.1) is 13.2 Å². The van der Waals surface area contributed by atoms with Crippen molar-refractivity contribution in [2.24, 2.45) is 0 Å². The molecule has 2 rings (SSSR count). The zero-order valence-electron chi connectivity index (χ0n) is 12.0. The second kappa shape index (κ2) is 7.63. The van der Waals surface area contributed by atoms with Gasteiger partial charge >= 0.3 is 0 Å². The molecule has 2 aliphatic heterocycles. The summed E-state index contributed by atoms with van der Waals surface area (Å²) in [6, 6.07) is 0. The molecule has 0 aliphatic carbocycles. The minimum absolute atomic E-state index is 0.667. The van der Waals surface area contributed by atoms with Crippen molar-refractivity contribution in [1.29, 1.82) is 0 Å². The van der Waals surface area contributed by atoms with Gasteiger partial charge in [-0.25, -0.2) is 0 Å². The van der Waals surface area contributed by atoms with Crippen LogP contribution in [0.1, 0.15) is 0 Å². The van der Waals surface area contributed by atoms with Gasteiger partial charge in [0.25, 0.3) is 0 Å². The smallest absolute Gasteiger partial charge is 0.187 e. The van der Waals surface area contributed by atoms with Gasteiger partial charge in [-0.1, -0.05) is 0 Å². The minimum atomic E-state index is -1.74. The maximum atomic E-state index is 9.94. The van der Waals surface area contributed by atoms with Gasteiger partial charge in [-0.2, -0.15) is 0 Å². The topological polar surface area (TPSA) is 190 Å². The molecule has 0 aromatic rings. The van der Waals surface area contributed by atoms with Gasteiger partial charge in [0, 0.05) is 0 Å². The molecule has 2 fully saturated rings. The molecule has 0 bridgehead atoms. The Morgan fingerprint density at radius 1 is 0.652 bits per heavy atom. The molecule has 0 saturated carbocycles. The fourth-order valence-corrected chi connectivity index (χ4v) is 2.57. The molecule has 23 heavy (non-hydrogen) atoms. The Morgan fingerprint density at radius 3 is 1.83 bits per heavy atom. The first-order chi connectivity index (χ1) is 10.8. The van der Waals surface area contributed by atoms with Crippen LogP contribution in [0.5, 0.6) is 0 Å². The van der Waals surface area contributed by atoms with E-state index >= 15 is 0 Å². The van der Waals surface area contributed by atoms with Gasteiger partial charge in [0.2, 0.25) is 0 Å². The highest BCUT2D eigenvalue weighted by Crippen LogP contribution is 2.28. The first kappa shape index (κ1) is 18.9. The SMILES string of the molecule is OCC1O[C@@H](O[C@@H]2C(CO)OC(O)C(O)[C@H]2O)[C@@H](O)C(O)[C@H]1O. The summed E-state index contributed by atoms with van der Waals surface area (Å²) in [7, 11) is 0. The van der Waals surface area contributed by atoms with Crippen molar-refractivity contribution >= 4 is 0 Å². The summed E-state index contributed by atoms with van der Waals surface area (Å²) < 4.78 is 15.3. The van der Waals surface area contributed by atoms with Crippen LogP contribution in [0.25, 0.3) is 0 Å². The average Bonchev–Trinajstić information content (AvgIpc) is 2.55. The molecule has 136 valence electrons. The van der Waals surface area contributed by atoms with E-state index in [1.165, 1.54) is 0 Å². The third-order valence-electron chi connectivity index (χ3n) is 3.98. The van der Waals surface area contributed by atoms with E-state index in [4.69, 9.17) is 19.3 Å². The molecule has 0 aromatic heterocycles. The number of hydrogen-bond donors (Lipinski definition) is 8. The number of rotatable bonds is 4. The molecular formula is C12H22O11. The zero-order valence-corrected chi connectivity index (χ0v) is 12.0. The first-order valence-electron chi connectivity index (χ1n) is 7.08. The Balaban J connectivity index is 2.11. The fourth-order valence-electron chi connectivity index (χ4n) is 2.57. The van der Waals surface area contributed by atoms with Gasteiger partial charge in [0.15, 0.2) is 12.6 Å². The highest BCUT2D eigenvalue weighted by Gasteiger charge is 2.50. The predicted molar refractivity (Wildman–Crippen MR) is 68.6 cm³/mol. The maximum absolute atomic E-state index is 9.94. The highest BCUT2D eigenvalue weighted by molar-refractivity contribution is 4.93. The number of ether oxygens (including phenoxy) is 3. The van der Waals surface area contributed by atoms with E-state index in [1.54, 1.807) is 0 Å². The van der Waals surface area contributed by atoms with Crippen LogP contribution in [0.4, 0.5) is 0 Å². The van der Waals surface area contributed by atoms with Gasteiger partial charge in [-0.3, -0.25) is 0 Å². The Hall–Kier alpha value is -0.440. The van der Waals surface area contributed by atoms with Crippen molar-refractivity contribution in [3.63, 3.8) is 0 Å². The summed E-state index contributed by atoms with van der Waals surface area (Å²) in [5.41, 5.74) is 0. The van der Waals surface area contributed by atoms with Crippen LogP contribution in [-0.4, -0.2) is 115 Å². The molecular weight excluding hydrogens is 320 g/mol. The summed E-state index contributed by atoms with van der Waals surface area (Å²) in [5.74, 6) is 0. The average molecular weight is 342 g/mol. The summed E-state index contributed by atoms with van der Waals surface area (Å²) in [6.45, 7) is -1.35. The number of aliphatic hydroxyl groups excluding tert-OH is 8. The van der Waals surface area contributed by atoms with Crippen molar-refractivity contribution < 1.29 is 55.1 Å². The lowest BCUT2D eigenvalue weighted by molar-refractivity contribution is -0.355. The Labute approximate surface area is 130 Å². The normalized spacial score (nSPS) is 51.7. The molecule has 11 nitrogen and oxygen atoms in total. The van der Waals surface area contributed by atoms with Crippen molar-refractivity contribution in [2.45, 2.75) is 61.4 Å². The Morgan fingerprint density at radius 2 is 1.26 bits per heavy atom. The second-order valence-electron chi connectivity index (χ2n) is 5.53. The quantitative estimate of drug-likeness (QED) is 0.243. The number of hydrogen-bond acceptors (Lipinski definition) is 11. The second-order valence-corrected chi connectivity index (χ2v) is 5.53. The lowest BCUT2D eigenvalue weighted by Crippen LogP contribution is -2.64. The van der Waals surface area contributed by atoms with E-state index in [0.717, 1.165) is 0 Å². The molecule has 11 heteroatoms. The van der Waals surface area contributed by atoms with E-state index in [2.05, 4.69) is 0 Å². The third kappa shape index (κ3) is 3.65. The minimum Gasteiger partial charge on any atom is -0.394 e. The maximum Gasteiger partial charge on any atom is 0.187 e. The van der Waals surface area contributed by atoms with Crippen molar-refractivity contribution in [3.05, 3.63) is 0 Å². The molecule has 0 radical (unpaired) electrons. The van der Waals surface area contributed by atoms with Crippen LogP contribution >= 0.6 is 0 Å². The highest BCUT2D eigenvalue weighted by atomic mass is 16.7. The van der Waals surface area contributed by atoms with Crippen LogP contribution in [0.15, 0.2) is 0 Å². The van der Waals surface area contributed by atoms with Gasteiger partial charge < -0.3 is 55.1 Å². The lowest BCUT2D eigenvalue weighted by Gasteiger charge is -2.45. The molecule has 2 saturated heterocycles. The van der Waals surface area contributed by atoms with Crippen LogP contribution in [0.2, 0.25) is 0 Å². The van der Waals surface area contributed by atoms with Crippen molar-refractivity contribution in [1.82, 2.24) is 0 Å². The Bertz CT molecular complexity index is 378. The predicted octanol–water partition coefficient (Wildman–Crippen LogP) is -5.40. The largest absolute Gasteiger partial charge is 0.394 e. The van der Waals surface area contributed by atoms with E-state index in [0.29, 0.717) is 0 Å². The molecule has 5 unspecified atom stereocenters. The molecule has 10 atom stereocenters. The van der Waals surface area contributed by atoms with E-state index in [1.807, 2.05) is 0 Å². The molecule has 0 aromatic carbocycles. The molecule has 0 spiro atoms. The van der Waals surface area contributed by atoms with Crippen LogP contribution in [0.3, 0.4) is 0 Å². The number of aliphatic hydroxyl groups is 8. The van der Waals surface area contributed by atoms with Crippen molar-refractivity contribution in [3.8, 4) is 0 Å². The van der Waals surface area contributed by atoms with E-state index in [-0.39, 0.29) is 0 Å². The van der Waals surface area contributed by atoms with Crippen LogP contribution in [0, 0.1) is 0 Å². The standard InChI is InChI=1S/C12H22O11/c13-1-3-5(15)6(16)9(19)12(22-3)23-10-4(2-14)21-11(20)8(18)7(10)17/h3-20H,1-2H2/t3?,4?,5-,6?,7+,8?,9-,10+,11?,12-/m0/s1. The Kier molecular flexibility index (Phi) is 6.27. The van der Waals surface area contributed by atoms with Gasteiger partial charge in [-0.05, 0) is 0 Å². The molecule has 2 aliphatic rings. The summed E-state index contributed by atoms with van der Waals surface area (Å²) in [6.07, 6.45) is -15.6. The molecule has 2 heterocycles. The van der Waals surface area contributed by atoms with Gasteiger partial charge in [-0.15, -0.1) is 0 Å². The van der Waals surface area contributed by atoms with Crippen LogP contribution in [-0.2, 0) is 14.2 Å². The van der Waals surface area contributed by atoms with E-state index < -0.39 is 74.6 Å². The fraction of sp³-hybridized carbons (Fsp3) is 1.00. The summed E-state index contributed by atoms with van der Waals surface area (Å²) in [5, 5.41) is 76.5. The molecule has 0 amide bonds. The monoisotopic (exact) mass is 342 g/mol. The zero-order chi connectivity index (χ0) is 17.3. The summed E-state index contributed by atoms with van der Waals surface area (Å²) >= 11 is 0.